The van der Waals surface area contributed by atoms with E-state index in [1.54, 1.807) is 12.1 Å². The molecule has 1 amide bonds. The van der Waals surface area contributed by atoms with E-state index in [0.717, 1.165) is 23.1 Å². The third-order valence-corrected chi connectivity index (χ3v) is 8.36. The highest BCUT2D eigenvalue weighted by molar-refractivity contribution is 5.90. The maximum Gasteiger partial charge on any atom is 0.410 e. The number of nitrogens with zero attached hydrogens (tertiary/aromatic N) is 1. The van der Waals surface area contributed by atoms with E-state index in [-0.39, 0.29) is 43.5 Å². The quantitative estimate of drug-likeness (QED) is 0.205. The zero-order chi connectivity index (χ0) is 30.2. The fourth-order valence-corrected chi connectivity index (χ4v) is 6.20. The third kappa shape index (κ3) is 7.82. The summed E-state index contributed by atoms with van der Waals surface area (Å²) >= 11 is 0. The maximum atomic E-state index is 13.1. The molecule has 8 heteroatoms. The van der Waals surface area contributed by atoms with E-state index in [9.17, 15) is 19.5 Å². The Morgan fingerprint density at radius 3 is 2.35 bits per heavy atom. The van der Waals surface area contributed by atoms with Crippen LogP contribution in [0.2, 0.25) is 0 Å². The Morgan fingerprint density at radius 1 is 0.977 bits per heavy atom. The number of aliphatic hydroxyl groups excluding tert-OH is 1. The van der Waals surface area contributed by atoms with Crippen molar-refractivity contribution in [3.05, 3.63) is 96.1 Å². The molecule has 0 bridgehead atoms. The van der Waals surface area contributed by atoms with Crippen molar-refractivity contribution >= 4 is 18.0 Å². The first-order valence-corrected chi connectivity index (χ1v) is 15.1. The van der Waals surface area contributed by atoms with E-state index in [4.69, 9.17) is 14.2 Å². The topological polar surface area (TPSA) is 102 Å². The molecule has 0 spiro atoms. The van der Waals surface area contributed by atoms with Crippen molar-refractivity contribution in [3.63, 3.8) is 0 Å². The molecule has 1 N–H and O–H groups in total. The molecule has 3 aromatic rings. The number of esters is 2. The molecular weight excluding hydrogens is 546 g/mol. The number of ether oxygens (including phenoxy) is 3. The van der Waals surface area contributed by atoms with Crippen molar-refractivity contribution < 1.29 is 33.7 Å². The lowest BCUT2D eigenvalue weighted by atomic mass is 9.87. The highest BCUT2D eigenvalue weighted by atomic mass is 16.6. The van der Waals surface area contributed by atoms with Crippen molar-refractivity contribution in [3.8, 4) is 11.1 Å². The van der Waals surface area contributed by atoms with Gasteiger partial charge in [0, 0.05) is 31.3 Å². The van der Waals surface area contributed by atoms with Crippen LogP contribution in [0.25, 0.3) is 11.1 Å². The van der Waals surface area contributed by atoms with Crippen LogP contribution in [-0.4, -0.2) is 59.4 Å². The average molecular weight is 586 g/mol. The summed E-state index contributed by atoms with van der Waals surface area (Å²) in [7, 11) is 0. The number of rotatable bonds is 12. The van der Waals surface area contributed by atoms with E-state index in [0.29, 0.717) is 31.4 Å². The lowest BCUT2D eigenvalue weighted by molar-refractivity contribution is -0.141. The number of aliphatic hydroxyl groups is 1. The van der Waals surface area contributed by atoms with Gasteiger partial charge in [-0.2, -0.15) is 0 Å². The summed E-state index contributed by atoms with van der Waals surface area (Å²) in [6, 6.07) is 26.7. The molecule has 1 heterocycles. The summed E-state index contributed by atoms with van der Waals surface area (Å²) < 4.78 is 17.0. The zero-order valence-electron chi connectivity index (χ0n) is 24.5. The first kappa shape index (κ1) is 30.3. The molecular formula is C35H39NO7. The highest BCUT2D eigenvalue weighted by Gasteiger charge is 2.51. The molecule has 2 aliphatic rings. The van der Waals surface area contributed by atoms with Gasteiger partial charge in [-0.25, -0.2) is 9.59 Å². The molecule has 226 valence electrons. The summed E-state index contributed by atoms with van der Waals surface area (Å²) in [6.45, 7) is 2.73. The number of hydrogen-bond donors (Lipinski definition) is 1. The van der Waals surface area contributed by atoms with Crippen molar-refractivity contribution in [2.45, 2.75) is 63.9 Å². The van der Waals surface area contributed by atoms with E-state index >= 15 is 0 Å². The van der Waals surface area contributed by atoms with Gasteiger partial charge < -0.3 is 24.2 Å². The van der Waals surface area contributed by atoms with Gasteiger partial charge in [-0.15, -0.1) is 0 Å². The smallest absolute Gasteiger partial charge is 0.410 e. The summed E-state index contributed by atoms with van der Waals surface area (Å²) in [6.07, 6.45) is 0.370. The minimum Gasteiger partial charge on any atom is -0.462 e. The van der Waals surface area contributed by atoms with E-state index in [2.05, 4.69) is 0 Å². The third-order valence-electron chi connectivity index (χ3n) is 8.36. The molecule has 1 saturated heterocycles. The van der Waals surface area contributed by atoms with Crippen molar-refractivity contribution in [2.75, 3.05) is 13.1 Å². The van der Waals surface area contributed by atoms with Crippen molar-refractivity contribution in [1.82, 2.24) is 4.90 Å². The van der Waals surface area contributed by atoms with Crippen molar-refractivity contribution in [2.24, 2.45) is 11.8 Å². The minimum absolute atomic E-state index is 0.0689. The maximum absolute atomic E-state index is 13.1. The lowest BCUT2D eigenvalue weighted by Crippen LogP contribution is -2.39. The highest BCUT2D eigenvalue weighted by Crippen LogP contribution is 2.45. The van der Waals surface area contributed by atoms with Crippen LogP contribution in [0.4, 0.5) is 4.79 Å². The second-order valence-corrected chi connectivity index (χ2v) is 11.4. The molecule has 1 saturated carbocycles. The summed E-state index contributed by atoms with van der Waals surface area (Å²) in [5.41, 5.74) is 3.42. The molecule has 43 heavy (non-hydrogen) atoms. The van der Waals surface area contributed by atoms with Crippen LogP contribution >= 0.6 is 0 Å². The van der Waals surface area contributed by atoms with Crippen LogP contribution < -0.4 is 0 Å². The molecule has 3 aromatic carbocycles. The monoisotopic (exact) mass is 585 g/mol. The van der Waals surface area contributed by atoms with Gasteiger partial charge >= 0.3 is 18.0 Å². The zero-order valence-corrected chi connectivity index (χ0v) is 24.5. The Morgan fingerprint density at radius 2 is 1.65 bits per heavy atom. The van der Waals surface area contributed by atoms with Gasteiger partial charge in [-0.05, 0) is 48.1 Å². The molecule has 0 radical (unpaired) electrons. The van der Waals surface area contributed by atoms with Crippen LogP contribution in [0.5, 0.6) is 0 Å². The number of amides is 1. The van der Waals surface area contributed by atoms with Gasteiger partial charge in [0.1, 0.15) is 18.8 Å². The second-order valence-electron chi connectivity index (χ2n) is 11.4. The van der Waals surface area contributed by atoms with Crippen LogP contribution in [-0.2, 0) is 25.6 Å². The van der Waals surface area contributed by atoms with Crippen LogP contribution in [0.1, 0.15) is 54.9 Å². The Balaban J connectivity index is 1.18. The first-order chi connectivity index (χ1) is 20.9. The standard InChI is InChI=1S/C35H39NO7/c1-2-19-36(35(40)41-23-24-9-5-3-6-10-24)22-28(37)17-18-29-30-20-33(38)42-32(30)21-31(29)43-34(39)27-15-13-26(14-16-27)25-11-7-4-8-12-25/h3-16,28-32,37H,2,17-23H2,1H3/t28-,29?,30?,31?,32?/m0/s1. The Hall–Kier alpha value is -4.17. The van der Waals surface area contributed by atoms with Gasteiger partial charge in [-0.1, -0.05) is 79.7 Å². The molecule has 5 atom stereocenters. The largest absolute Gasteiger partial charge is 0.462 e. The lowest BCUT2D eigenvalue weighted by Gasteiger charge is -2.27. The van der Waals surface area contributed by atoms with Gasteiger partial charge in [0.15, 0.2) is 0 Å². The number of fused-ring (bicyclic) bond motifs is 1. The summed E-state index contributed by atoms with van der Waals surface area (Å²) in [4.78, 5) is 39.5. The fourth-order valence-electron chi connectivity index (χ4n) is 6.20. The number of carbonyl (C=O) groups is 3. The Bertz CT molecular complexity index is 1360. The molecule has 2 fully saturated rings. The number of carbonyl (C=O) groups excluding carboxylic acids is 3. The predicted molar refractivity (Wildman–Crippen MR) is 161 cm³/mol. The number of hydrogen-bond acceptors (Lipinski definition) is 7. The van der Waals surface area contributed by atoms with E-state index in [1.165, 1.54) is 4.90 Å². The second kappa shape index (κ2) is 14.3. The summed E-state index contributed by atoms with van der Waals surface area (Å²) in [5, 5.41) is 10.9. The van der Waals surface area contributed by atoms with E-state index < -0.39 is 24.3 Å². The van der Waals surface area contributed by atoms with Crippen molar-refractivity contribution in [1.29, 1.82) is 0 Å². The normalized spacial score (nSPS) is 21.5. The van der Waals surface area contributed by atoms with Gasteiger partial charge in [-0.3, -0.25) is 4.79 Å². The van der Waals surface area contributed by atoms with Crippen LogP contribution in [0.3, 0.4) is 0 Å². The predicted octanol–water partition coefficient (Wildman–Crippen LogP) is 6.02. The molecule has 1 aliphatic heterocycles. The molecule has 8 nitrogen and oxygen atoms in total. The van der Waals surface area contributed by atoms with Crippen LogP contribution in [0, 0.1) is 11.8 Å². The SMILES string of the molecule is CCCN(C[C@@H](O)CCC1C(OC(=O)c2ccc(-c3ccccc3)cc2)CC2OC(=O)CC21)C(=O)OCc1ccccc1. The Kier molecular flexibility index (Phi) is 10.1. The van der Waals surface area contributed by atoms with Crippen LogP contribution in [0.15, 0.2) is 84.9 Å². The van der Waals surface area contributed by atoms with Gasteiger partial charge in [0.2, 0.25) is 0 Å². The van der Waals surface area contributed by atoms with Gasteiger partial charge in [0.25, 0.3) is 0 Å². The molecule has 5 rings (SSSR count). The van der Waals surface area contributed by atoms with Gasteiger partial charge in [0.05, 0.1) is 18.1 Å². The fraction of sp³-hybridized carbons (Fsp3) is 0.400. The number of benzene rings is 3. The molecule has 0 aromatic heterocycles. The molecule has 4 unspecified atom stereocenters. The molecule has 1 aliphatic carbocycles. The Labute approximate surface area is 252 Å². The van der Waals surface area contributed by atoms with E-state index in [1.807, 2.05) is 79.7 Å². The average Bonchev–Trinajstić information content (AvgIpc) is 3.54. The minimum atomic E-state index is -0.796. The summed E-state index contributed by atoms with van der Waals surface area (Å²) in [5.74, 6) is -0.863. The first-order valence-electron chi connectivity index (χ1n) is 15.1.